The van der Waals surface area contributed by atoms with Gasteiger partial charge in [0, 0.05) is 143 Å². The number of carbonyl (C=O) groups is 2. The van der Waals surface area contributed by atoms with E-state index in [2.05, 4.69) is 220 Å². The normalized spacial score (nSPS) is 32.6. The second-order valence-corrected chi connectivity index (χ2v) is 58.0. The molecular weight excluding hydrogens is 1790 g/mol. The van der Waals surface area contributed by atoms with Crippen molar-refractivity contribution in [2.75, 3.05) is 13.7 Å². The minimum absolute atomic E-state index is 0. The standard InChI is InChI=1S/C19H17BrP.C15H22N.C15H23O.C14H23NO.C14H21NO.C13H24O2.C6H18NSi2.CH3NO.Na.3Y/c1-21(20,17-11-5-2-6-12-17,18-13-7-3-8-14-18)19-15-9-4-10-16-19;2*1-11-5-4-9-15(3)13(11)6-7-14(15)12(2)8-10-16;2*1-10(7-9-15)11-5-6-12-13(16)4-3-8-14(11,12)2;1-9(8-14)10-5-6-11-12(15)4-3-7-13(10,11)2;1-8(2,3)7-9(4,5)6;1-2-3;;;;/h2-16H,1H2;1,12-14H,4-9H2,2-3H3;1,10,12-14H,4-9H2,2-3H3;10-13,16H,3-8H2,1-2H3;10-12H,3-8H2,1-2H3;9-12,14-15H,3-8H2,1-2H3;1-6H3;1H3;;;;/q3*-1;;;;-1;;+1;;;/t;2*12-,13?,14-,15+;10-,11-,12?,13+,14-;10-,11-,12?,14-;9-,10-,11?,12+,13-;;;;;;/m.11111....../s1. The first kappa shape index (κ1) is 112. The number of nitrogens with zero attached hydrogens (tertiary/aromatic N) is 5. The van der Waals surface area contributed by atoms with Gasteiger partial charge in [-0.2, -0.15) is 20.7 Å². The summed E-state index contributed by atoms with van der Waals surface area (Å²) in [6.07, 6.45) is 32.7. The number of allylic oxidation sites excluding steroid dienone is 2. The molecule has 3 radical (unpaired) electrons. The van der Waals surface area contributed by atoms with Gasteiger partial charge in [0.1, 0.15) is 12.1 Å². The van der Waals surface area contributed by atoms with Crippen molar-refractivity contribution in [1.29, 1.82) is 15.8 Å². The number of aldehydes is 1. The van der Waals surface area contributed by atoms with Gasteiger partial charge in [0.25, 0.3) is 0 Å². The van der Waals surface area contributed by atoms with Crippen molar-refractivity contribution >= 4 is 65.2 Å². The summed E-state index contributed by atoms with van der Waals surface area (Å²) in [5, 5.41) is 59.1. The molecule has 19 heteroatoms. The van der Waals surface area contributed by atoms with Crippen molar-refractivity contribution in [3.63, 3.8) is 0 Å². The van der Waals surface area contributed by atoms with Gasteiger partial charge in [0.2, 0.25) is 0 Å². The smallest absolute Gasteiger partial charge is 0 e. The molecule has 5 unspecified atom stereocenters. The number of halogens is 1. The monoisotopic (exact) mass is 1940 g/mol. The Morgan fingerprint density at radius 1 is 0.509 bits per heavy atom. The number of rotatable bonds is 16. The molecule has 0 amide bonds. The van der Waals surface area contributed by atoms with E-state index in [0.29, 0.717) is 149 Å². The topological polar surface area (TPSA) is 210 Å². The summed E-state index contributed by atoms with van der Waals surface area (Å²) in [4.78, 5) is 31.2. The maximum absolute atomic E-state index is 11.9. The zero-order valence-corrected chi connectivity index (χ0v) is 90.5. The van der Waals surface area contributed by atoms with Gasteiger partial charge in [-0.1, -0.05) is 169 Å². The van der Waals surface area contributed by atoms with Gasteiger partial charge in [0.05, 0.1) is 37.5 Å². The van der Waals surface area contributed by atoms with Crippen molar-refractivity contribution in [3.8, 4) is 18.2 Å². The number of hydrogen-bond donors (Lipinski definition) is 3. The quantitative estimate of drug-likeness (QED) is 0.0409. The molecule has 0 heterocycles. The molecule has 633 valence electrons. The minimum Gasteiger partial charge on any atom is 0 e. The molecule has 0 spiro atoms. The Morgan fingerprint density at radius 3 is 1.10 bits per heavy atom. The zero-order valence-electron chi connectivity index (χ0n) is 75.5. The summed E-state index contributed by atoms with van der Waals surface area (Å²) in [6.45, 7) is 54.0. The molecule has 22 atom stereocenters. The number of carbonyl (C=O) groups excluding carboxylic acids is 2. The summed E-state index contributed by atoms with van der Waals surface area (Å²) >= 11 is 4.13. The fourth-order valence-electron chi connectivity index (χ4n) is 25.2. The predicted octanol–water partition coefficient (Wildman–Crippen LogP) is 21.6. The molecule has 3 aromatic carbocycles. The van der Waals surface area contributed by atoms with Crippen LogP contribution in [0.5, 0.6) is 0 Å². The van der Waals surface area contributed by atoms with Crippen LogP contribution in [0.1, 0.15) is 255 Å². The van der Waals surface area contributed by atoms with E-state index in [0.717, 1.165) is 83.3 Å². The van der Waals surface area contributed by atoms with Gasteiger partial charge in [-0.15, -0.1) is 0 Å². The van der Waals surface area contributed by atoms with Gasteiger partial charge >= 0.3 is 164 Å². The maximum atomic E-state index is 11.9. The fraction of sp³-hybridized carbons (Fsp3) is 0.711. The van der Waals surface area contributed by atoms with Crippen LogP contribution in [-0.2, 0) is 108 Å². The van der Waals surface area contributed by atoms with E-state index in [-0.39, 0.29) is 145 Å². The van der Waals surface area contributed by atoms with Gasteiger partial charge in [-0.25, -0.2) is 0 Å². The van der Waals surface area contributed by atoms with Crippen LogP contribution >= 0.6 is 20.8 Å². The zero-order chi connectivity index (χ0) is 83.3. The molecule has 0 aliphatic heterocycles. The second kappa shape index (κ2) is 50.6. The van der Waals surface area contributed by atoms with Crippen LogP contribution in [0.2, 0.25) is 39.3 Å². The second-order valence-electron chi connectivity index (χ2n) is 39.8. The molecular formula is C97H151BrN5NaO6PSi2Y3-3. The van der Waals surface area contributed by atoms with Crippen molar-refractivity contribution in [1.82, 2.24) is 0 Å². The molecule has 13 rings (SSSR count). The van der Waals surface area contributed by atoms with Crippen LogP contribution in [0.4, 0.5) is 0 Å². The molecule has 0 aromatic heterocycles. The number of Topliss-reactive ketones (excluding diaryl/α,β-unsaturated/α-hetero) is 1. The van der Waals surface area contributed by atoms with E-state index >= 15 is 0 Å². The van der Waals surface area contributed by atoms with Gasteiger partial charge in [0.15, 0.2) is 0 Å². The third-order valence-corrected chi connectivity index (χ3v) is 43.5. The van der Waals surface area contributed by atoms with Crippen molar-refractivity contribution in [3.05, 3.63) is 132 Å². The number of aliphatic hydroxyl groups excluding tert-OH is 3. The van der Waals surface area contributed by atoms with E-state index in [4.69, 9.17) is 45.2 Å². The van der Waals surface area contributed by atoms with Crippen LogP contribution in [-0.4, -0.2) is 69.7 Å². The molecule has 11 nitrogen and oxygen atoms in total. The molecule has 10 fully saturated rings. The van der Waals surface area contributed by atoms with E-state index in [1.165, 1.54) is 118 Å². The number of nitriles is 3. The largest absolute Gasteiger partial charge is 1.00 e. The number of ketones is 1. The Labute approximate surface area is 815 Å². The molecule has 10 saturated carbocycles. The Kier molecular flexibility index (Phi) is 48.9. The molecule has 3 N–H and O–H groups in total. The van der Waals surface area contributed by atoms with Crippen molar-refractivity contribution in [2.24, 2.45) is 121 Å². The van der Waals surface area contributed by atoms with E-state index in [1.54, 1.807) is 0 Å². The Bertz CT molecular complexity index is 3440. The van der Waals surface area contributed by atoms with Crippen molar-refractivity contribution < 1.29 is 153 Å². The molecule has 0 saturated heterocycles. The molecule has 3 aromatic rings. The maximum Gasteiger partial charge on any atom is 1.00 e. The number of fused-ring (bicyclic) bond motifs is 5. The number of hydrogen-bond acceptors (Lipinski definition) is 10. The summed E-state index contributed by atoms with van der Waals surface area (Å²) in [5.41, 5.74) is 4.03. The number of aliphatic hydroxyl groups is 3. The van der Waals surface area contributed by atoms with E-state index in [1.807, 2.05) is 18.2 Å². The predicted molar refractivity (Wildman–Crippen MR) is 479 cm³/mol. The molecule has 10 aliphatic rings. The van der Waals surface area contributed by atoms with Crippen LogP contribution in [0.15, 0.2) is 107 Å². The average molecular weight is 1940 g/mol. The average Bonchev–Trinajstić information content (AvgIpc) is 1.19. The first-order chi connectivity index (χ1) is 52.7. The molecule has 116 heavy (non-hydrogen) atoms. The van der Waals surface area contributed by atoms with Crippen LogP contribution < -0.4 is 45.5 Å². The minimum atomic E-state index is -2.81. The summed E-state index contributed by atoms with van der Waals surface area (Å²) in [6, 6.07) is 38.5. The summed E-state index contributed by atoms with van der Waals surface area (Å²) in [5.74, 6) is 8.66. The van der Waals surface area contributed by atoms with E-state index in [9.17, 15) is 24.9 Å². The van der Waals surface area contributed by atoms with Gasteiger partial charge < -0.3 is 37.9 Å². The Hall–Kier alpha value is 0.0455. The Balaban J connectivity index is 0.000000457. The van der Waals surface area contributed by atoms with Crippen LogP contribution in [0.25, 0.3) is 4.65 Å². The van der Waals surface area contributed by atoms with Crippen LogP contribution in [0.3, 0.4) is 0 Å². The van der Waals surface area contributed by atoms with Gasteiger partial charge in [-0.05, 0) is 226 Å². The summed E-state index contributed by atoms with van der Waals surface area (Å²) in [7, 11) is -1.02. The van der Waals surface area contributed by atoms with Crippen LogP contribution in [0, 0.1) is 175 Å². The fourth-order valence-corrected chi connectivity index (χ4v) is 38.6. The first-order valence-corrected chi connectivity index (χ1v) is 55.0. The van der Waals surface area contributed by atoms with E-state index < -0.39 is 21.8 Å². The SMILES string of the molecule is CN=O.C[C@H](CC#N)[C@H]1CCC2C(=O)CCC[C@@]21C.C[C@H](CC#N)[C@H]1CCC2[C@@H](O)CCC[C@@]21C.C[C@H](CO)[C@H]1CCC2[C@@H](O)CCC[C@@]21C.C[Si](C)(C)[N-][Si](C)(C)C.[CH-]=C1CCC[C@@]2(C)C1CC[C@@H]2[C@H](C)CC#N.[CH-]=C1CCC[C@@]2(C)C1CC[C@@H]2[C@H](C)CC=O.[CH2-]P(Br)(c1ccccc1)(c1ccccc1)c1ccccc1.[Na+].[Y].[Y].[Y]. The third kappa shape index (κ3) is 28.0. The van der Waals surface area contributed by atoms with Crippen molar-refractivity contribution in [2.45, 2.75) is 307 Å². The molecule has 0 bridgehead atoms. The molecule has 10 aliphatic carbocycles. The van der Waals surface area contributed by atoms with Gasteiger partial charge in [-0.3, -0.25) is 15.9 Å². The Morgan fingerprint density at radius 2 is 0.793 bits per heavy atom. The number of nitroso groups, excluding NO2 is 1. The third-order valence-electron chi connectivity index (χ3n) is 30.3. The summed E-state index contributed by atoms with van der Waals surface area (Å²) < 4.78 is 4.82. The first-order valence-electron chi connectivity index (χ1n) is 43.7. The number of benzene rings is 3.